The lowest BCUT2D eigenvalue weighted by molar-refractivity contribution is 0.100. The predicted molar refractivity (Wildman–Crippen MR) is 78.5 cm³/mol. The normalized spacial score (nSPS) is 10.2. The average molecular weight is 255 g/mol. The molecule has 4 heteroatoms. The van der Waals surface area contributed by atoms with E-state index in [1.165, 1.54) is 5.56 Å². The number of hydrogen-bond acceptors (Lipinski definition) is 3. The van der Waals surface area contributed by atoms with Gasteiger partial charge in [0.1, 0.15) is 0 Å². The molecule has 5 N–H and O–H groups in total. The van der Waals surface area contributed by atoms with Gasteiger partial charge in [0, 0.05) is 17.1 Å². The summed E-state index contributed by atoms with van der Waals surface area (Å²) in [5, 5.41) is 3.21. The van der Waals surface area contributed by atoms with E-state index < -0.39 is 5.91 Å². The molecule has 2 aromatic rings. The zero-order valence-corrected chi connectivity index (χ0v) is 10.8. The summed E-state index contributed by atoms with van der Waals surface area (Å²) in [5.74, 6) is -0.525. The zero-order chi connectivity index (χ0) is 13.8. The van der Waals surface area contributed by atoms with Gasteiger partial charge in [-0.1, -0.05) is 19.1 Å². The molecule has 4 nitrogen and oxygen atoms in total. The molecular formula is C15H17N3O. The molecular weight excluding hydrogens is 238 g/mol. The first-order chi connectivity index (χ1) is 9.10. The first-order valence-corrected chi connectivity index (χ1v) is 6.15. The fourth-order valence-electron chi connectivity index (χ4n) is 1.84. The van der Waals surface area contributed by atoms with Crippen molar-refractivity contribution in [1.82, 2.24) is 0 Å². The lowest BCUT2D eigenvalue weighted by Gasteiger charge is -2.09. The Morgan fingerprint density at radius 2 is 1.74 bits per heavy atom. The molecule has 1 amide bonds. The second kappa shape index (κ2) is 5.44. The highest BCUT2D eigenvalue weighted by Gasteiger charge is 2.06. The molecule has 2 rings (SSSR count). The monoisotopic (exact) mass is 255 g/mol. The van der Waals surface area contributed by atoms with E-state index in [9.17, 15) is 4.79 Å². The van der Waals surface area contributed by atoms with Crippen molar-refractivity contribution in [1.29, 1.82) is 0 Å². The van der Waals surface area contributed by atoms with Crippen molar-refractivity contribution < 1.29 is 4.79 Å². The van der Waals surface area contributed by atoms with Crippen molar-refractivity contribution in [3.05, 3.63) is 53.6 Å². The number of rotatable bonds is 4. The molecule has 0 aliphatic heterocycles. The van der Waals surface area contributed by atoms with Gasteiger partial charge < -0.3 is 16.8 Å². The number of nitrogens with one attached hydrogen (secondary N) is 1. The Labute approximate surface area is 112 Å². The maximum atomic E-state index is 11.2. The van der Waals surface area contributed by atoms with E-state index in [-0.39, 0.29) is 0 Å². The van der Waals surface area contributed by atoms with Crippen LogP contribution in [0.25, 0.3) is 0 Å². The van der Waals surface area contributed by atoms with Crippen molar-refractivity contribution in [3.8, 4) is 0 Å². The average Bonchev–Trinajstić information content (AvgIpc) is 2.41. The van der Waals surface area contributed by atoms with Gasteiger partial charge in [-0.3, -0.25) is 4.79 Å². The fourth-order valence-corrected chi connectivity index (χ4v) is 1.84. The molecule has 0 saturated heterocycles. The number of benzene rings is 2. The number of amides is 1. The summed E-state index contributed by atoms with van der Waals surface area (Å²) in [7, 11) is 0. The topological polar surface area (TPSA) is 81.1 Å². The van der Waals surface area contributed by atoms with Gasteiger partial charge >= 0.3 is 0 Å². The molecule has 0 aliphatic rings. The van der Waals surface area contributed by atoms with E-state index in [0.29, 0.717) is 11.3 Å². The fraction of sp³-hybridized carbons (Fsp3) is 0.133. The molecule has 0 bridgehead atoms. The molecule has 0 aromatic heterocycles. The number of nitrogens with two attached hydrogens (primary N) is 2. The number of primary amides is 1. The Morgan fingerprint density at radius 1 is 1.11 bits per heavy atom. The first-order valence-electron chi connectivity index (χ1n) is 6.15. The van der Waals surface area contributed by atoms with E-state index in [1.54, 1.807) is 12.1 Å². The number of nitrogen functional groups attached to an aromatic ring is 1. The highest BCUT2D eigenvalue weighted by atomic mass is 16.1. The minimum atomic E-state index is -0.525. The van der Waals surface area contributed by atoms with Crippen LogP contribution in [-0.2, 0) is 6.42 Å². The number of anilines is 3. The van der Waals surface area contributed by atoms with Gasteiger partial charge in [0.05, 0.1) is 5.56 Å². The summed E-state index contributed by atoms with van der Waals surface area (Å²) in [5.41, 5.74) is 14.7. The van der Waals surface area contributed by atoms with Crippen LogP contribution >= 0.6 is 0 Å². The Balaban J connectivity index is 2.22. The molecule has 0 atom stereocenters. The summed E-state index contributed by atoms with van der Waals surface area (Å²) in [4.78, 5) is 11.2. The van der Waals surface area contributed by atoms with Crippen LogP contribution in [0, 0.1) is 0 Å². The largest absolute Gasteiger partial charge is 0.398 e. The maximum absolute atomic E-state index is 11.2. The lowest BCUT2D eigenvalue weighted by atomic mass is 10.1. The van der Waals surface area contributed by atoms with Gasteiger partial charge in [-0.2, -0.15) is 0 Å². The summed E-state index contributed by atoms with van der Waals surface area (Å²) in [6.45, 7) is 2.11. The summed E-state index contributed by atoms with van der Waals surface area (Å²) >= 11 is 0. The lowest BCUT2D eigenvalue weighted by Crippen LogP contribution is -2.13. The standard InChI is InChI=1S/C15H17N3O/c1-2-10-3-5-11(6-4-10)18-12-7-8-14(16)13(9-12)15(17)19/h3-9,18H,2,16H2,1H3,(H2,17,19). The SMILES string of the molecule is CCc1ccc(Nc2ccc(N)c(C(N)=O)c2)cc1. The second-order valence-corrected chi connectivity index (χ2v) is 4.34. The van der Waals surface area contributed by atoms with Crippen LogP contribution in [-0.4, -0.2) is 5.91 Å². The highest BCUT2D eigenvalue weighted by molar-refractivity contribution is 5.99. The van der Waals surface area contributed by atoms with Crippen LogP contribution in [0.1, 0.15) is 22.8 Å². The van der Waals surface area contributed by atoms with Crippen LogP contribution in [0.5, 0.6) is 0 Å². The van der Waals surface area contributed by atoms with Crippen molar-refractivity contribution in [3.63, 3.8) is 0 Å². The number of hydrogen-bond donors (Lipinski definition) is 3. The Hall–Kier alpha value is -2.49. The highest BCUT2D eigenvalue weighted by Crippen LogP contribution is 2.21. The van der Waals surface area contributed by atoms with Crippen LogP contribution in [0.4, 0.5) is 17.1 Å². The predicted octanol–water partition coefficient (Wildman–Crippen LogP) is 2.67. The minimum Gasteiger partial charge on any atom is -0.398 e. The third kappa shape index (κ3) is 3.04. The molecule has 0 radical (unpaired) electrons. The van der Waals surface area contributed by atoms with E-state index >= 15 is 0 Å². The van der Waals surface area contributed by atoms with Gasteiger partial charge in [-0.05, 0) is 42.3 Å². The van der Waals surface area contributed by atoms with Crippen molar-refractivity contribution in [2.45, 2.75) is 13.3 Å². The van der Waals surface area contributed by atoms with Crippen LogP contribution in [0.15, 0.2) is 42.5 Å². The molecule has 0 unspecified atom stereocenters. The first kappa shape index (κ1) is 13.0. The molecule has 19 heavy (non-hydrogen) atoms. The Kier molecular flexibility index (Phi) is 3.71. The molecule has 2 aromatic carbocycles. The third-order valence-electron chi connectivity index (χ3n) is 2.97. The maximum Gasteiger partial charge on any atom is 0.250 e. The quantitative estimate of drug-likeness (QED) is 0.735. The number of aryl methyl sites for hydroxylation is 1. The molecule has 0 fully saturated rings. The van der Waals surface area contributed by atoms with E-state index in [0.717, 1.165) is 17.8 Å². The van der Waals surface area contributed by atoms with Gasteiger partial charge in [0.25, 0.3) is 5.91 Å². The van der Waals surface area contributed by atoms with E-state index in [2.05, 4.69) is 24.4 Å². The Morgan fingerprint density at radius 3 is 2.32 bits per heavy atom. The molecule has 0 saturated carbocycles. The van der Waals surface area contributed by atoms with Crippen LogP contribution in [0.3, 0.4) is 0 Å². The minimum absolute atomic E-state index is 0.329. The molecule has 0 heterocycles. The third-order valence-corrected chi connectivity index (χ3v) is 2.97. The van der Waals surface area contributed by atoms with Gasteiger partial charge in [0.2, 0.25) is 0 Å². The van der Waals surface area contributed by atoms with Crippen LogP contribution < -0.4 is 16.8 Å². The summed E-state index contributed by atoms with van der Waals surface area (Å²) in [6, 6.07) is 13.3. The molecule has 98 valence electrons. The van der Waals surface area contributed by atoms with Gasteiger partial charge in [0.15, 0.2) is 0 Å². The molecule has 0 aliphatic carbocycles. The zero-order valence-electron chi connectivity index (χ0n) is 10.8. The second-order valence-electron chi connectivity index (χ2n) is 4.34. The van der Waals surface area contributed by atoms with Crippen molar-refractivity contribution in [2.24, 2.45) is 5.73 Å². The van der Waals surface area contributed by atoms with Gasteiger partial charge in [-0.25, -0.2) is 0 Å². The smallest absolute Gasteiger partial charge is 0.250 e. The van der Waals surface area contributed by atoms with Crippen molar-refractivity contribution >= 4 is 23.0 Å². The Bertz CT molecular complexity index is 591. The van der Waals surface area contributed by atoms with E-state index in [4.69, 9.17) is 11.5 Å². The van der Waals surface area contributed by atoms with Gasteiger partial charge in [-0.15, -0.1) is 0 Å². The van der Waals surface area contributed by atoms with Crippen LogP contribution in [0.2, 0.25) is 0 Å². The van der Waals surface area contributed by atoms with E-state index in [1.807, 2.05) is 18.2 Å². The number of carbonyl (C=O) groups is 1. The molecule has 0 spiro atoms. The van der Waals surface area contributed by atoms with Crippen molar-refractivity contribution in [2.75, 3.05) is 11.1 Å². The number of carbonyl (C=O) groups excluding carboxylic acids is 1. The summed E-state index contributed by atoms with van der Waals surface area (Å²) in [6.07, 6.45) is 1.01. The summed E-state index contributed by atoms with van der Waals surface area (Å²) < 4.78 is 0.